The first kappa shape index (κ1) is 20.5. The Kier molecular flexibility index (Phi) is 7.01. The number of amides is 2. The molecule has 0 fully saturated rings. The highest BCUT2D eigenvalue weighted by Crippen LogP contribution is 2.17. The van der Waals surface area contributed by atoms with Crippen LogP contribution in [0.3, 0.4) is 0 Å². The number of hydrogen-bond donors (Lipinski definition) is 2. The van der Waals surface area contributed by atoms with Gasteiger partial charge in [-0.15, -0.1) is 0 Å². The Morgan fingerprint density at radius 2 is 1.70 bits per heavy atom. The number of nitrogens with one attached hydrogen (secondary N) is 2. The van der Waals surface area contributed by atoms with Gasteiger partial charge in [-0.25, -0.2) is 0 Å². The molecule has 4 nitrogen and oxygen atoms in total. The number of rotatable bonds is 6. The predicted octanol–water partition coefficient (Wildman–Crippen LogP) is 4.21. The summed E-state index contributed by atoms with van der Waals surface area (Å²) in [5, 5.41) is 4.96. The number of carbonyl (C=O) groups excluding carboxylic acids is 2. The van der Waals surface area contributed by atoms with Crippen molar-refractivity contribution in [2.24, 2.45) is 0 Å². The second kappa shape index (κ2) is 9.23. The van der Waals surface area contributed by atoms with Crippen LogP contribution in [0.4, 0.5) is 18.9 Å². The maximum atomic E-state index is 12.1. The SMILES string of the molecule is O=C(/C=C/c1ccccc1Cl)Nc1ccc(CC(=O)NCC(F)(F)F)cc1. The molecule has 0 aliphatic heterocycles. The minimum atomic E-state index is -4.44. The summed E-state index contributed by atoms with van der Waals surface area (Å²) in [4.78, 5) is 23.4. The van der Waals surface area contributed by atoms with Gasteiger partial charge in [0.2, 0.25) is 11.8 Å². The third kappa shape index (κ3) is 7.53. The summed E-state index contributed by atoms with van der Waals surface area (Å²) in [5.41, 5.74) is 1.72. The second-order valence-corrected chi connectivity index (χ2v) is 6.02. The molecule has 0 aliphatic carbocycles. The Bertz CT molecular complexity index is 834. The number of alkyl halides is 3. The fraction of sp³-hybridized carbons (Fsp3) is 0.158. The Hall–Kier alpha value is -2.80. The highest BCUT2D eigenvalue weighted by atomic mass is 35.5. The maximum Gasteiger partial charge on any atom is 0.405 e. The van der Waals surface area contributed by atoms with Crippen molar-refractivity contribution in [1.29, 1.82) is 0 Å². The molecule has 0 radical (unpaired) electrons. The Balaban J connectivity index is 1.87. The number of hydrogen-bond acceptors (Lipinski definition) is 2. The van der Waals surface area contributed by atoms with Crippen molar-refractivity contribution in [2.45, 2.75) is 12.6 Å². The third-order valence-corrected chi connectivity index (χ3v) is 3.74. The topological polar surface area (TPSA) is 58.2 Å². The lowest BCUT2D eigenvalue weighted by Gasteiger charge is -2.08. The molecule has 2 amide bonds. The molecule has 0 spiro atoms. The van der Waals surface area contributed by atoms with Crippen LogP contribution < -0.4 is 10.6 Å². The van der Waals surface area contributed by atoms with E-state index in [9.17, 15) is 22.8 Å². The minimum absolute atomic E-state index is 0.184. The molecule has 0 atom stereocenters. The van der Waals surface area contributed by atoms with E-state index in [-0.39, 0.29) is 12.3 Å². The molecule has 2 aromatic rings. The quantitative estimate of drug-likeness (QED) is 0.718. The standard InChI is InChI=1S/C19H16ClF3N2O2/c20-16-4-2-1-3-14(16)7-10-17(26)25-15-8-5-13(6-9-15)11-18(27)24-12-19(21,22)23/h1-10H,11-12H2,(H,24,27)(H,25,26)/b10-7+. The smallest absolute Gasteiger partial charge is 0.347 e. The van der Waals surface area contributed by atoms with Gasteiger partial charge in [-0.3, -0.25) is 9.59 Å². The molecule has 0 saturated heterocycles. The van der Waals surface area contributed by atoms with Crippen molar-refractivity contribution in [1.82, 2.24) is 5.32 Å². The van der Waals surface area contributed by atoms with Crippen LogP contribution in [-0.4, -0.2) is 24.5 Å². The van der Waals surface area contributed by atoms with E-state index in [0.717, 1.165) is 0 Å². The Morgan fingerprint density at radius 1 is 1.04 bits per heavy atom. The molecule has 0 saturated carbocycles. The van der Waals surface area contributed by atoms with Gasteiger partial charge in [0, 0.05) is 16.8 Å². The van der Waals surface area contributed by atoms with Crippen molar-refractivity contribution < 1.29 is 22.8 Å². The van der Waals surface area contributed by atoms with Gasteiger partial charge in [0.05, 0.1) is 6.42 Å². The van der Waals surface area contributed by atoms with Crippen LogP contribution in [0.5, 0.6) is 0 Å². The summed E-state index contributed by atoms with van der Waals surface area (Å²) in [7, 11) is 0. The molecule has 2 aromatic carbocycles. The van der Waals surface area contributed by atoms with Crippen molar-refractivity contribution in [3.05, 3.63) is 70.8 Å². The minimum Gasteiger partial charge on any atom is -0.347 e. The van der Waals surface area contributed by atoms with Crippen LogP contribution in [0.15, 0.2) is 54.6 Å². The van der Waals surface area contributed by atoms with Crippen molar-refractivity contribution >= 4 is 35.2 Å². The van der Waals surface area contributed by atoms with E-state index in [1.54, 1.807) is 59.9 Å². The van der Waals surface area contributed by atoms with Gasteiger partial charge in [-0.05, 0) is 35.4 Å². The molecule has 8 heteroatoms. The predicted molar refractivity (Wildman–Crippen MR) is 98.3 cm³/mol. The molecule has 0 aliphatic rings. The van der Waals surface area contributed by atoms with Crippen molar-refractivity contribution in [3.8, 4) is 0 Å². The molecule has 0 aromatic heterocycles. The highest BCUT2D eigenvalue weighted by Gasteiger charge is 2.27. The summed E-state index contributed by atoms with van der Waals surface area (Å²) < 4.78 is 36.2. The van der Waals surface area contributed by atoms with E-state index in [1.807, 2.05) is 0 Å². The van der Waals surface area contributed by atoms with Crippen LogP contribution in [-0.2, 0) is 16.0 Å². The van der Waals surface area contributed by atoms with Gasteiger partial charge < -0.3 is 10.6 Å². The van der Waals surface area contributed by atoms with E-state index in [1.165, 1.54) is 6.08 Å². The summed E-state index contributed by atoms with van der Waals surface area (Å²) in [6, 6.07) is 13.3. The first-order valence-electron chi connectivity index (χ1n) is 7.89. The molecular weight excluding hydrogens is 381 g/mol. The molecule has 142 valence electrons. The Morgan fingerprint density at radius 3 is 2.33 bits per heavy atom. The van der Waals surface area contributed by atoms with Gasteiger partial charge in [0.15, 0.2) is 0 Å². The first-order chi connectivity index (χ1) is 12.7. The van der Waals surface area contributed by atoms with E-state index >= 15 is 0 Å². The number of halogens is 4. The van der Waals surface area contributed by atoms with Crippen LogP contribution >= 0.6 is 11.6 Å². The van der Waals surface area contributed by atoms with Gasteiger partial charge in [-0.2, -0.15) is 13.2 Å². The van der Waals surface area contributed by atoms with E-state index in [0.29, 0.717) is 21.8 Å². The zero-order chi connectivity index (χ0) is 19.9. The lowest BCUT2D eigenvalue weighted by molar-refractivity contribution is -0.138. The second-order valence-electron chi connectivity index (χ2n) is 5.61. The summed E-state index contributed by atoms with van der Waals surface area (Å²) in [6.07, 6.45) is -1.71. The highest BCUT2D eigenvalue weighted by molar-refractivity contribution is 6.32. The van der Waals surface area contributed by atoms with Crippen LogP contribution in [0, 0.1) is 0 Å². The molecule has 0 bridgehead atoms. The summed E-state index contributed by atoms with van der Waals surface area (Å²) in [6.45, 7) is -1.36. The van der Waals surface area contributed by atoms with Crippen LogP contribution in [0.1, 0.15) is 11.1 Å². The zero-order valence-corrected chi connectivity index (χ0v) is 14.8. The zero-order valence-electron chi connectivity index (χ0n) is 14.0. The first-order valence-corrected chi connectivity index (χ1v) is 8.27. The van der Waals surface area contributed by atoms with Crippen LogP contribution in [0.2, 0.25) is 5.02 Å². The van der Waals surface area contributed by atoms with E-state index in [4.69, 9.17) is 11.6 Å². The van der Waals surface area contributed by atoms with Crippen LogP contribution in [0.25, 0.3) is 6.08 Å². The number of carbonyl (C=O) groups is 2. The van der Waals surface area contributed by atoms with Crippen molar-refractivity contribution in [3.63, 3.8) is 0 Å². The fourth-order valence-corrected chi connectivity index (χ4v) is 2.31. The lowest BCUT2D eigenvalue weighted by Crippen LogP contribution is -2.34. The monoisotopic (exact) mass is 396 g/mol. The molecule has 2 rings (SSSR count). The molecule has 27 heavy (non-hydrogen) atoms. The average Bonchev–Trinajstić information content (AvgIpc) is 2.60. The summed E-state index contributed by atoms with van der Waals surface area (Å²) in [5.74, 6) is -1.10. The normalized spacial score (nSPS) is 11.4. The van der Waals surface area contributed by atoms with E-state index < -0.39 is 18.6 Å². The fourth-order valence-electron chi connectivity index (χ4n) is 2.11. The van der Waals surface area contributed by atoms with E-state index in [2.05, 4.69) is 5.32 Å². The molecular formula is C19H16ClF3N2O2. The summed E-state index contributed by atoms with van der Waals surface area (Å²) >= 11 is 6.00. The maximum absolute atomic E-state index is 12.1. The van der Waals surface area contributed by atoms with Gasteiger partial charge in [0.25, 0.3) is 0 Å². The van der Waals surface area contributed by atoms with Gasteiger partial charge >= 0.3 is 6.18 Å². The van der Waals surface area contributed by atoms with Gasteiger partial charge in [0.1, 0.15) is 6.54 Å². The molecule has 0 unspecified atom stereocenters. The number of benzene rings is 2. The largest absolute Gasteiger partial charge is 0.405 e. The molecule has 2 N–H and O–H groups in total. The lowest BCUT2D eigenvalue weighted by atomic mass is 10.1. The molecule has 0 heterocycles. The Labute approximate surface area is 159 Å². The third-order valence-electron chi connectivity index (χ3n) is 3.39. The van der Waals surface area contributed by atoms with Gasteiger partial charge in [-0.1, -0.05) is 41.9 Å². The van der Waals surface area contributed by atoms with Crippen molar-refractivity contribution in [2.75, 3.05) is 11.9 Å². The number of anilines is 1. The average molecular weight is 397 g/mol.